The second kappa shape index (κ2) is 11.8. The van der Waals surface area contributed by atoms with Crippen molar-refractivity contribution >= 4 is 50.9 Å². The maximum atomic E-state index is 12.8. The largest absolute Gasteiger partial charge is 0.494 e. The van der Waals surface area contributed by atoms with Gasteiger partial charge in [-0.3, -0.25) is 14.4 Å². The van der Waals surface area contributed by atoms with Gasteiger partial charge in [-0.05, 0) is 67.6 Å². The molecule has 8 nitrogen and oxygen atoms in total. The second-order valence-corrected chi connectivity index (χ2v) is 9.32. The van der Waals surface area contributed by atoms with Crippen LogP contribution in [0.3, 0.4) is 0 Å². The summed E-state index contributed by atoms with van der Waals surface area (Å²) in [6, 6.07) is 20.1. The Morgan fingerprint density at radius 2 is 1.59 bits per heavy atom. The zero-order chi connectivity index (χ0) is 26.4. The van der Waals surface area contributed by atoms with Crippen LogP contribution >= 0.6 is 15.9 Å². The van der Waals surface area contributed by atoms with E-state index in [4.69, 9.17) is 9.47 Å². The highest BCUT2D eigenvalue weighted by atomic mass is 79.9. The maximum Gasteiger partial charge on any atom is 0.338 e. The monoisotopic (exact) mass is 564 g/mol. The van der Waals surface area contributed by atoms with Crippen molar-refractivity contribution in [2.24, 2.45) is 5.92 Å². The fourth-order valence-corrected chi connectivity index (χ4v) is 4.15. The molecule has 1 heterocycles. The van der Waals surface area contributed by atoms with Crippen molar-refractivity contribution in [3.05, 3.63) is 88.4 Å². The first kappa shape index (κ1) is 26.1. The lowest BCUT2D eigenvalue weighted by Crippen LogP contribution is -2.28. The zero-order valence-electron chi connectivity index (χ0n) is 20.1. The van der Waals surface area contributed by atoms with Gasteiger partial charge in [0.05, 0.1) is 18.1 Å². The number of halogens is 1. The average molecular weight is 565 g/mol. The van der Waals surface area contributed by atoms with Gasteiger partial charge in [0.15, 0.2) is 12.4 Å². The molecule has 0 radical (unpaired) electrons. The number of hydrogen-bond acceptors (Lipinski definition) is 6. The van der Waals surface area contributed by atoms with E-state index in [0.29, 0.717) is 23.5 Å². The van der Waals surface area contributed by atoms with Gasteiger partial charge in [-0.1, -0.05) is 28.1 Å². The van der Waals surface area contributed by atoms with Crippen LogP contribution in [0.4, 0.5) is 11.4 Å². The standard InChI is InChI=1S/C28H25BrN2O6/c1-2-36-24-13-11-23(12-14-24)31-16-20(15-26(31)33)27(34)30-22-9-5-19(6-10-22)28(35)37-17-25(32)18-3-7-21(29)8-4-18/h3-14,20H,2,15-17H2,1H3,(H,30,34)/t20-/m1/s1. The third-order valence-corrected chi connectivity index (χ3v) is 6.37. The number of hydrogen-bond donors (Lipinski definition) is 1. The van der Waals surface area contributed by atoms with Crippen molar-refractivity contribution in [3.8, 4) is 5.75 Å². The zero-order valence-corrected chi connectivity index (χ0v) is 21.7. The Hall–Kier alpha value is -3.98. The summed E-state index contributed by atoms with van der Waals surface area (Å²) in [6.07, 6.45) is 0.107. The summed E-state index contributed by atoms with van der Waals surface area (Å²) >= 11 is 3.30. The van der Waals surface area contributed by atoms with Gasteiger partial charge in [0.2, 0.25) is 11.8 Å². The van der Waals surface area contributed by atoms with Gasteiger partial charge in [-0.15, -0.1) is 0 Å². The Labute approximate surface area is 222 Å². The van der Waals surface area contributed by atoms with Gasteiger partial charge in [0.1, 0.15) is 5.75 Å². The van der Waals surface area contributed by atoms with Crippen molar-refractivity contribution in [2.75, 3.05) is 30.0 Å². The molecule has 1 aliphatic rings. The number of rotatable bonds is 9. The molecule has 0 aliphatic carbocycles. The molecule has 4 rings (SSSR count). The molecule has 3 aromatic rings. The van der Waals surface area contributed by atoms with E-state index in [1.807, 2.05) is 6.92 Å². The third-order valence-electron chi connectivity index (χ3n) is 5.84. The average Bonchev–Trinajstić information content (AvgIpc) is 3.30. The van der Waals surface area contributed by atoms with Gasteiger partial charge in [0, 0.05) is 34.4 Å². The lowest BCUT2D eigenvalue weighted by atomic mass is 10.1. The number of anilines is 2. The first-order chi connectivity index (χ1) is 17.8. The summed E-state index contributed by atoms with van der Waals surface area (Å²) in [5.74, 6) is -1.15. The summed E-state index contributed by atoms with van der Waals surface area (Å²) in [5.41, 5.74) is 1.89. The van der Waals surface area contributed by atoms with E-state index in [1.165, 1.54) is 12.1 Å². The van der Waals surface area contributed by atoms with Crippen LogP contribution in [0.1, 0.15) is 34.1 Å². The van der Waals surface area contributed by atoms with Crippen LogP contribution in [-0.4, -0.2) is 43.3 Å². The fourth-order valence-electron chi connectivity index (χ4n) is 3.89. The molecule has 190 valence electrons. The molecule has 1 fully saturated rings. The van der Waals surface area contributed by atoms with Gasteiger partial charge in [-0.2, -0.15) is 0 Å². The highest BCUT2D eigenvalue weighted by molar-refractivity contribution is 9.10. The summed E-state index contributed by atoms with van der Waals surface area (Å²) in [5, 5.41) is 2.80. The number of Topliss-reactive ketones (excluding diaryl/α,β-unsaturated/α-hetero) is 1. The van der Waals surface area contributed by atoms with Gasteiger partial charge in [0.25, 0.3) is 0 Å². The van der Waals surface area contributed by atoms with E-state index in [-0.39, 0.29) is 42.7 Å². The van der Waals surface area contributed by atoms with Gasteiger partial charge < -0.3 is 19.7 Å². The number of nitrogens with zero attached hydrogens (tertiary/aromatic N) is 1. The minimum absolute atomic E-state index is 0.107. The molecule has 0 unspecified atom stereocenters. The number of carbonyl (C=O) groups is 4. The topological polar surface area (TPSA) is 102 Å². The summed E-state index contributed by atoms with van der Waals surface area (Å²) in [4.78, 5) is 51.4. The van der Waals surface area contributed by atoms with Crippen molar-refractivity contribution in [3.63, 3.8) is 0 Å². The van der Waals surface area contributed by atoms with Crippen LogP contribution in [0.25, 0.3) is 0 Å². The molecule has 9 heteroatoms. The molecule has 1 aliphatic heterocycles. The quantitative estimate of drug-likeness (QED) is 0.293. The van der Waals surface area contributed by atoms with E-state index in [0.717, 1.165) is 10.2 Å². The summed E-state index contributed by atoms with van der Waals surface area (Å²) in [6.45, 7) is 2.35. The molecule has 0 bridgehead atoms. The van der Waals surface area contributed by atoms with Crippen molar-refractivity contribution < 1.29 is 28.7 Å². The predicted molar refractivity (Wildman–Crippen MR) is 142 cm³/mol. The smallest absolute Gasteiger partial charge is 0.338 e. The molecule has 3 aromatic carbocycles. The van der Waals surface area contributed by atoms with Crippen LogP contribution in [0.15, 0.2) is 77.3 Å². The van der Waals surface area contributed by atoms with E-state index in [1.54, 1.807) is 65.6 Å². The molecule has 0 spiro atoms. The summed E-state index contributed by atoms with van der Waals surface area (Å²) < 4.78 is 11.4. The number of carbonyl (C=O) groups excluding carboxylic acids is 4. The van der Waals surface area contributed by atoms with Crippen LogP contribution in [0.5, 0.6) is 5.75 Å². The molecular formula is C28H25BrN2O6. The van der Waals surface area contributed by atoms with E-state index in [2.05, 4.69) is 21.2 Å². The second-order valence-electron chi connectivity index (χ2n) is 8.41. The van der Waals surface area contributed by atoms with Crippen LogP contribution < -0.4 is 15.0 Å². The molecule has 37 heavy (non-hydrogen) atoms. The minimum Gasteiger partial charge on any atom is -0.494 e. The Bertz CT molecular complexity index is 1290. The number of ketones is 1. The first-order valence-corrected chi connectivity index (χ1v) is 12.5. The van der Waals surface area contributed by atoms with E-state index < -0.39 is 11.9 Å². The highest BCUT2D eigenvalue weighted by Crippen LogP contribution is 2.28. The predicted octanol–water partition coefficient (Wildman–Crippen LogP) is 4.88. The number of ether oxygens (including phenoxy) is 2. The summed E-state index contributed by atoms with van der Waals surface area (Å²) in [7, 11) is 0. The molecule has 0 aromatic heterocycles. The highest BCUT2D eigenvalue weighted by Gasteiger charge is 2.35. The molecule has 2 amide bonds. The van der Waals surface area contributed by atoms with Crippen LogP contribution in [0.2, 0.25) is 0 Å². The normalized spacial score (nSPS) is 14.8. The van der Waals surface area contributed by atoms with Gasteiger partial charge >= 0.3 is 5.97 Å². The SMILES string of the molecule is CCOc1ccc(N2C[C@H](C(=O)Nc3ccc(C(=O)OCC(=O)c4ccc(Br)cc4)cc3)CC2=O)cc1. The Kier molecular flexibility index (Phi) is 8.35. The Morgan fingerprint density at radius 1 is 0.946 bits per heavy atom. The number of esters is 1. The van der Waals surface area contributed by atoms with Crippen molar-refractivity contribution in [1.82, 2.24) is 0 Å². The van der Waals surface area contributed by atoms with Gasteiger partial charge in [-0.25, -0.2) is 4.79 Å². The Balaban J connectivity index is 1.29. The lowest BCUT2D eigenvalue weighted by molar-refractivity contribution is -0.122. The van der Waals surface area contributed by atoms with Crippen molar-refractivity contribution in [2.45, 2.75) is 13.3 Å². The molecule has 1 atom stereocenters. The molecule has 1 N–H and O–H groups in total. The first-order valence-electron chi connectivity index (χ1n) is 11.7. The minimum atomic E-state index is -0.643. The lowest BCUT2D eigenvalue weighted by Gasteiger charge is -2.17. The number of benzene rings is 3. The molecule has 0 saturated carbocycles. The number of nitrogens with one attached hydrogen (secondary N) is 1. The van der Waals surface area contributed by atoms with Crippen molar-refractivity contribution in [1.29, 1.82) is 0 Å². The fraction of sp³-hybridized carbons (Fsp3) is 0.214. The number of amides is 2. The van der Waals surface area contributed by atoms with E-state index in [9.17, 15) is 19.2 Å². The van der Waals surface area contributed by atoms with Crippen LogP contribution in [0, 0.1) is 5.92 Å². The Morgan fingerprint density at radius 3 is 2.24 bits per heavy atom. The third kappa shape index (κ3) is 6.62. The van der Waals surface area contributed by atoms with Crippen LogP contribution in [-0.2, 0) is 14.3 Å². The molecule has 1 saturated heterocycles. The molecular weight excluding hydrogens is 540 g/mol. The maximum absolute atomic E-state index is 12.8. The van der Waals surface area contributed by atoms with E-state index >= 15 is 0 Å².